The molecule has 1 spiro atoms. The first-order valence-corrected chi connectivity index (χ1v) is 4.63. The molecular formula is C9H13NO3. The molecule has 0 N–H and O–H groups in total. The summed E-state index contributed by atoms with van der Waals surface area (Å²) in [6, 6.07) is 0. The van der Waals surface area contributed by atoms with E-state index < -0.39 is 0 Å². The molecule has 0 atom stereocenters. The van der Waals surface area contributed by atoms with E-state index in [1.165, 1.54) is 0 Å². The van der Waals surface area contributed by atoms with E-state index >= 15 is 0 Å². The Balaban J connectivity index is 1.84. The quantitative estimate of drug-likeness (QED) is 0.630. The van der Waals surface area contributed by atoms with Crippen LogP contribution in [-0.4, -0.2) is 43.4 Å². The van der Waals surface area contributed by atoms with Gasteiger partial charge in [0.25, 0.3) is 0 Å². The van der Waals surface area contributed by atoms with Gasteiger partial charge < -0.3 is 9.47 Å². The van der Waals surface area contributed by atoms with Gasteiger partial charge in [0, 0.05) is 19.1 Å². The summed E-state index contributed by atoms with van der Waals surface area (Å²) in [7, 11) is 1.72. The van der Waals surface area contributed by atoms with E-state index in [4.69, 9.17) is 9.47 Å². The van der Waals surface area contributed by atoms with Crippen molar-refractivity contribution in [2.45, 2.75) is 18.4 Å². The van der Waals surface area contributed by atoms with Crippen LogP contribution in [-0.2, 0) is 9.47 Å². The molecule has 4 rings (SSSR count). The number of rotatable bonds is 2. The van der Waals surface area contributed by atoms with Gasteiger partial charge in [-0.1, -0.05) is 0 Å². The summed E-state index contributed by atoms with van der Waals surface area (Å²) in [5.41, 5.74) is 0.323. The third-order valence-corrected chi connectivity index (χ3v) is 3.61. The average Bonchev–Trinajstić information content (AvgIpc) is 2.58. The topological polar surface area (TPSA) is 38.8 Å². The van der Waals surface area contributed by atoms with Crippen LogP contribution in [0, 0.1) is 5.41 Å². The predicted molar refractivity (Wildman–Crippen MR) is 44.3 cm³/mol. The maximum Gasteiger partial charge on any atom is 0.410 e. The van der Waals surface area contributed by atoms with Crippen molar-refractivity contribution in [3.8, 4) is 0 Å². The summed E-state index contributed by atoms with van der Waals surface area (Å²) in [6.07, 6.45) is 2.01. The van der Waals surface area contributed by atoms with Gasteiger partial charge in [-0.05, 0) is 12.8 Å². The Labute approximate surface area is 76.8 Å². The number of hydrogen-bond acceptors (Lipinski definition) is 3. The molecule has 4 aliphatic rings. The summed E-state index contributed by atoms with van der Waals surface area (Å²) in [5.74, 6) is 0. The molecule has 0 aromatic carbocycles. The second-order valence-electron chi connectivity index (χ2n) is 4.65. The number of carbonyl (C=O) groups excluding carboxylic acids is 1. The van der Waals surface area contributed by atoms with E-state index in [2.05, 4.69) is 0 Å². The van der Waals surface area contributed by atoms with Gasteiger partial charge in [0.2, 0.25) is 0 Å². The van der Waals surface area contributed by atoms with Gasteiger partial charge in [-0.2, -0.15) is 0 Å². The molecule has 3 heterocycles. The van der Waals surface area contributed by atoms with Gasteiger partial charge >= 0.3 is 6.09 Å². The number of nitrogens with zero attached hydrogens (tertiary/aromatic N) is 1. The normalized spacial score (nSPS) is 45.9. The molecule has 0 aromatic heterocycles. The molecule has 72 valence electrons. The first-order chi connectivity index (χ1) is 6.20. The van der Waals surface area contributed by atoms with Crippen LogP contribution in [0.5, 0.6) is 0 Å². The monoisotopic (exact) mass is 183 g/mol. The molecule has 13 heavy (non-hydrogen) atoms. The Bertz CT molecular complexity index is 270. The lowest BCUT2D eigenvalue weighted by atomic mass is 9.63. The highest BCUT2D eigenvalue weighted by Gasteiger charge is 2.70. The Morgan fingerprint density at radius 1 is 1.62 bits per heavy atom. The van der Waals surface area contributed by atoms with Crippen molar-refractivity contribution < 1.29 is 14.3 Å². The Morgan fingerprint density at radius 3 is 3.00 bits per heavy atom. The Morgan fingerprint density at radius 2 is 2.38 bits per heavy atom. The zero-order valence-corrected chi connectivity index (χ0v) is 7.71. The van der Waals surface area contributed by atoms with Crippen molar-refractivity contribution in [2.75, 3.05) is 26.9 Å². The first kappa shape index (κ1) is 7.62. The number of methoxy groups -OCH3 is 1. The summed E-state index contributed by atoms with van der Waals surface area (Å²) in [6.45, 7) is 2.20. The fraction of sp³-hybridized carbons (Fsp3) is 0.889. The van der Waals surface area contributed by atoms with Crippen LogP contribution in [0.25, 0.3) is 0 Å². The Hall–Kier alpha value is -0.770. The molecule has 0 aromatic rings. The standard InChI is InChI=1S/C9H13NO3/c1-12-5-8-2-9(3-8)6-13-7(11)10(9)4-8/h2-6H2,1H3. The lowest BCUT2D eigenvalue weighted by molar-refractivity contribution is 0.00343. The van der Waals surface area contributed by atoms with Gasteiger partial charge in [0.1, 0.15) is 6.61 Å². The van der Waals surface area contributed by atoms with E-state index in [0.29, 0.717) is 6.61 Å². The number of cyclic esters (lactones) is 1. The highest BCUT2D eigenvalue weighted by molar-refractivity contribution is 5.73. The fourth-order valence-electron chi connectivity index (χ4n) is 3.32. The molecule has 1 amide bonds. The van der Waals surface area contributed by atoms with Gasteiger partial charge in [0.15, 0.2) is 0 Å². The smallest absolute Gasteiger partial charge is 0.410 e. The molecule has 1 aliphatic carbocycles. The van der Waals surface area contributed by atoms with E-state index in [0.717, 1.165) is 26.0 Å². The molecule has 3 saturated heterocycles. The number of hydrogen-bond donors (Lipinski definition) is 0. The SMILES string of the molecule is COCC12CN3C(=O)OCC3(C1)C2. The number of ether oxygens (including phenoxy) is 2. The van der Waals surface area contributed by atoms with Crippen LogP contribution in [0.3, 0.4) is 0 Å². The predicted octanol–water partition coefficient (Wildman–Crippen LogP) is 0.618. The van der Waals surface area contributed by atoms with Crippen LogP contribution in [0.2, 0.25) is 0 Å². The second kappa shape index (κ2) is 2.00. The van der Waals surface area contributed by atoms with Crippen LogP contribution >= 0.6 is 0 Å². The molecular weight excluding hydrogens is 170 g/mol. The lowest BCUT2D eigenvalue weighted by Gasteiger charge is -2.43. The highest BCUT2D eigenvalue weighted by Crippen LogP contribution is 2.61. The molecule has 4 heteroatoms. The molecule has 0 radical (unpaired) electrons. The van der Waals surface area contributed by atoms with Crippen molar-refractivity contribution in [1.29, 1.82) is 0 Å². The minimum Gasteiger partial charge on any atom is -0.447 e. The molecule has 1 saturated carbocycles. The minimum atomic E-state index is -0.129. The lowest BCUT2D eigenvalue weighted by Crippen LogP contribution is -2.50. The van der Waals surface area contributed by atoms with Crippen molar-refractivity contribution >= 4 is 6.09 Å². The van der Waals surface area contributed by atoms with Gasteiger partial charge in [-0.3, -0.25) is 4.90 Å². The minimum absolute atomic E-state index is 0.0651. The summed E-state index contributed by atoms with van der Waals surface area (Å²) in [5, 5.41) is 0. The summed E-state index contributed by atoms with van der Waals surface area (Å²) in [4.78, 5) is 13.2. The third-order valence-electron chi connectivity index (χ3n) is 3.61. The fourth-order valence-corrected chi connectivity index (χ4v) is 3.32. The summed E-state index contributed by atoms with van der Waals surface area (Å²) >= 11 is 0. The largest absolute Gasteiger partial charge is 0.447 e. The van der Waals surface area contributed by atoms with Gasteiger partial charge in [-0.25, -0.2) is 4.79 Å². The van der Waals surface area contributed by atoms with E-state index in [-0.39, 0.29) is 17.0 Å². The maximum absolute atomic E-state index is 11.3. The number of amides is 1. The molecule has 3 aliphatic heterocycles. The second-order valence-corrected chi connectivity index (χ2v) is 4.65. The number of carbonyl (C=O) groups is 1. The van der Waals surface area contributed by atoms with Crippen molar-refractivity contribution in [3.63, 3.8) is 0 Å². The highest BCUT2D eigenvalue weighted by atomic mass is 16.6. The van der Waals surface area contributed by atoms with Gasteiger partial charge in [0.05, 0.1) is 12.1 Å². The van der Waals surface area contributed by atoms with Crippen molar-refractivity contribution in [3.05, 3.63) is 0 Å². The molecule has 4 nitrogen and oxygen atoms in total. The zero-order chi connectivity index (χ0) is 9.10. The Kier molecular flexibility index (Phi) is 1.17. The van der Waals surface area contributed by atoms with Crippen LogP contribution < -0.4 is 0 Å². The summed E-state index contributed by atoms with van der Waals surface area (Å²) < 4.78 is 10.2. The average molecular weight is 183 g/mol. The van der Waals surface area contributed by atoms with Crippen molar-refractivity contribution in [1.82, 2.24) is 4.90 Å². The van der Waals surface area contributed by atoms with Gasteiger partial charge in [-0.15, -0.1) is 0 Å². The van der Waals surface area contributed by atoms with Crippen LogP contribution in [0.4, 0.5) is 4.79 Å². The molecule has 0 unspecified atom stereocenters. The van der Waals surface area contributed by atoms with Crippen LogP contribution in [0.1, 0.15) is 12.8 Å². The molecule has 4 fully saturated rings. The van der Waals surface area contributed by atoms with E-state index in [1.54, 1.807) is 7.11 Å². The van der Waals surface area contributed by atoms with E-state index in [1.807, 2.05) is 4.90 Å². The first-order valence-electron chi connectivity index (χ1n) is 4.63. The molecule has 2 bridgehead atoms. The maximum atomic E-state index is 11.3. The zero-order valence-electron chi connectivity index (χ0n) is 7.71. The van der Waals surface area contributed by atoms with Crippen molar-refractivity contribution in [2.24, 2.45) is 5.41 Å². The van der Waals surface area contributed by atoms with E-state index in [9.17, 15) is 4.79 Å². The van der Waals surface area contributed by atoms with Crippen LogP contribution in [0.15, 0.2) is 0 Å². The third kappa shape index (κ3) is 0.729.